The molecule has 1 aromatic heterocycles. The van der Waals surface area contributed by atoms with Gasteiger partial charge in [-0.15, -0.1) is 0 Å². The van der Waals surface area contributed by atoms with E-state index in [1.54, 1.807) is 0 Å². The molecule has 0 bridgehead atoms. The van der Waals surface area contributed by atoms with Gasteiger partial charge in [-0.25, -0.2) is 0 Å². The van der Waals surface area contributed by atoms with Crippen LogP contribution in [0.2, 0.25) is 0 Å². The third-order valence-corrected chi connectivity index (χ3v) is 2.60. The van der Waals surface area contributed by atoms with Crippen LogP contribution in [0.3, 0.4) is 0 Å². The maximum Gasteiger partial charge on any atom is 0.217 e. The number of amides is 1. The van der Waals surface area contributed by atoms with Crippen LogP contribution < -0.4 is 5.32 Å². The van der Waals surface area contributed by atoms with E-state index >= 15 is 0 Å². The quantitative estimate of drug-likeness (QED) is 0.794. The molecule has 1 aliphatic carbocycles. The third kappa shape index (κ3) is 1.95. The zero-order valence-corrected chi connectivity index (χ0v) is 8.25. The van der Waals surface area contributed by atoms with Gasteiger partial charge in [-0.1, -0.05) is 11.6 Å². The van der Waals surface area contributed by atoms with E-state index in [1.165, 1.54) is 26.2 Å². The maximum absolute atomic E-state index is 10.7. The highest BCUT2D eigenvalue weighted by Crippen LogP contribution is 2.36. The first-order valence-electron chi connectivity index (χ1n) is 4.95. The van der Waals surface area contributed by atoms with Gasteiger partial charge in [0.2, 0.25) is 5.91 Å². The van der Waals surface area contributed by atoms with Crippen LogP contribution >= 0.6 is 0 Å². The van der Waals surface area contributed by atoms with Crippen LogP contribution in [0.4, 0.5) is 0 Å². The van der Waals surface area contributed by atoms with E-state index in [2.05, 4.69) is 10.5 Å². The van der Waals surface area contributed by atoms with E-state index in [0.29, 0.717) is 12.5 Å². The summed E-state index contributed by atoms with van der Waals surface area (Å²) in [5.41, 5.74) is 0.808. The minimum atomic E-state index is -0.0433. The number of carbonyl (C=O) groups is 1. The Morgan fingerprint density at radius 2 is 2.50 bits per heavy atom. The summed E-state index contributed by atoms with van der Waals surface area (Å²) in [6.45, 7) is 1.96. The van der Waals surface area contributed by atoms with Gasteiger partial charge in [0.15, 0.2) is 0 Å². The van der Waals surface area contributed by atoms with Crippen LogP contribution in [0.1, 0.15) is 43.6 Å². The maximum atomic E-state index is 10.7. The van der Waals surface area contributed by atoms with Crippen LogP contribution in [0, 0.1) is 0 Å². The summed E-state index contributed by atoms with van der Waals surface area (Å²) in [4.78, 5) is 10.7. The number of hydrogen-bond donors (Lipinski definition) is 1. The highest BCUT2D eigenvalue weighted by atomic mass is 16.5. The van der Waals surface area contributed by atoms with Gasteiger partial charge in [-0.3, -0.25) is 4.79 Å². The molecule has 0 atom stereocenters. The molecule has 1 aromatic rings. The molecule has 2 rings (SSSR count). The Labute approximate surface area is 82.7 Å². The molecule has 0 radical (unpaired) electrons. The Morgan fingerprint density at radius 1 is 1.71 bits per heavy atom. The SMILES string of the molecule is CC(=O)NCc1cc(C2CCC2)on1. The molecule has 1 saturated carbocycles. The topological polar surface area (TPSA) is 55.1 Å². The van der Waals surface area contributed by atoms with Crippen molar-refractivity contribution in [2.75, 3.05) is 0 Å². The predicted molar refractivity (Wildman–Crippen MR) is 50.6 cm³/mol. The minimum Gasteiger partial charge on any atom is -0.361 e. The van der Waals surface area contributed by atoms with Gasteiger partial charge in [0.25, 0.3) is 0 Å². The number of carbonyl (C=O) groups excluding carboxylic acids is 1. The fraction of sp³-hybridized carbons (Fsp3) is 0.600. The summed E-state index contributed by atoms with van der Waals surface area (Å²) in [6, 6.07) is 1.94. The van der Waals surface area contributed by atoms with E-state index in [0.717, 1.165) is 11.5 Å². The van der Waals surface area contributed by atoms with E-state index < -0.39 is 0 Å². The van der Waals surface area contributed by atoms with Gasteiger partial charge < -0.3 is 9.84 Å². The van der Waals surface area contributed by atoms with Crippen LogP contribution in [0.25, 0.3) is 0 Å². The summed E-state index contributed by atoms with van der Waals surface area (Å²) in [5.74, 6) is 1.49. The van der Waals surface area contributed by atoms with Crippen molar-refractivity contribution in [2.45, 2.75) is 38.6 Å². The number of nitrogens with one attached hydrogen (secondary N) is 1. The van der Waals surface area contributed by atoms with Crippen molar-refractivity contribution in [1.29, 1.82) is 0 Å². The Kier molecular flexibility index (Phi) is 2.52. The number of hydrogen-bond acceptors (Lipinski definition) is 3. The van der Waals surface area contributed by atoms with Crippen molar-refractivity contribution in [1.82, 2.24) is 10.5 Å². The molecule has 0 aliphatic heterocycles. The first-order valence-corrected chi connectivity index (χ1v) is 4.95. The third-order valence-electron chi connectivity index (χ3n) is 2.60. The molecule has 1 fully saturated rings. The fourth-order valence-electron chi connectivity index (χ4n) is 1.51. The lowest BCUT2D eigenvalue weighted by Crippen LogP contribution is -2.18. The lowest BCUT2D eigenvalue weighted by molar-refractivity contribution is -0.119. The monoisotopic (exact) mass is 194 g/mol. The zero-order valence-electron chi connectivity index (χ0n) is 8.25. The molecular formula is C10H14N2O2. The second-order valence-corrected chi connectivity index (χ2v) is 3.76. The van der Waals surface area contributed by atoms with E-state index in [-0.39, 0.29) is 5.91 Å². The molecule has 0 saturated heterocycles. The van der Waals surface area contributed by atoms with Crippen LogP contribution in [0.5, 0.6) is 0 Å². The standard InChI is InChI=1S/C10H14N2O2/c1-7(13)11-6-9-5-10(14-12-9)8-3-2-4-8/h5,8H,2-4,6H2,1H3,(H,11,13). The molecule has 14 heavy (non-hydrogen) atoms. The van der Waals surface area contributed by atoms with Crippen LogP contribution in [0.15, 0.2) is 10.6 Å². The summed E-state index contributed by atoms with van der Waals surface area (Å²) in [5, 5.41) is 6.59. The van der Waals surface area contributed by atoms with Gasteiger partial charge in [-0.05, 0) is 12.8 Å². The number of aromatic nitrogens is 1. The highest BCUT2D eigenvalue weighted by Gasteiger charge is 2.23. The molecule has 0 spiro atoms. The van der Waals surface area contributed by atoms with E-state index in [9.17, 15) is 4.79 Å². The second-order valence-electron chi connectivity index (χ2n) is 3.76. The second kappa shape index (κ2) is 3.82. The molecule has 4 nitrogen and oxygen atoms in total. The van der Waals surface area contributed by atoms with E-state index in [1.807, 2.05) is 6.07 Å². The average Bonchev–Trinajstić information content (AvgIpc) is 2.46. The summed E-state index contributed by atoms with van der Waals surface area (Å²) in [7, 11) is 0. The number of rotatable bonds is 3. The Balaban J connectivity index is 1.92. The fourth-order valence-corrected chi connectivity index (χ4v) is 1.51. The summed E-state index contributed by atoms with van der Waals surface area (Å²) in [6.07, 6.45) is 3.69. The normalized spacial score (nSPS) is 16.4. The van der Waals surface area contributed by atoms with E-state index in [4.69, 9.17) is 4.52 Å². The zero-order chi connectivity index (χ0) is 9.97. The first kappa shape index (κ1) is 9.24. The van der Waals surface area contributed by atoms with Crippen molar-refractivity contribution in [3.63, 3.8) is 0 Å². The van der Waals surface area contributed by atoms with Gasteiger partial charge in [0.05, 0.1) is 6.54 Å². The molecule has 1 amide bonds. The van der Waals surface area contributed by atoms with Crippen LogP contribution in [-0.4, -0.2) is 11.1 Å². The molecule has 4 heteroatoms. The highest BCUT2D eigenvalue weighted by molar-refractivity contribution is 5.72. The Hall–Kier alpha value is -1.32. The average molecular weight is 194 g/mol. The first-order chi connectivity index (χ1) is 6.75. The van der Waals surface area contributed by atoms with Crippen molar-refractivity contribution in [2.24, 2.45) is 0 Å². The van der Waals surface area contributed by atoms with Crippen molar-refractivity contribution >= 4 is 5.91 Å². The number of nitrogens with zero attached hydrogens (tertiary/aromatic N) is 1. The van der Waals surface area contributed by atoms with Gasteiger partial charge in [0.1, 0.15) is 11.5 Å². The molecule has 0 unspecified atom stereocenters. The summed E-state index contributed by atoms with van der Waals surface area (Å²) >= 11 is 0. The minimum absolute atomic E-state index is 0.0433. The van der Waals surface area contributed by atoms with Gasteiger partial charge in [-0.2, -0.15) is 0 Å². The predicted octanol–water partition coefficient (Wildman–Crippen LogP) is 1.58. The van der Waals surface area contributed by atoms with Gasteiger partial charge in [0, 0.05) is 18.9 Å². The van der Waals surface area contributed by atoms with Crippen molar-refractivity contribution in [3.05, 3.63) is 17.5 Å². The Morgan fingerprint density at radius 3 is 3.07 bits per heavy atom. The van der Waals surface area contributed by atoms with Crippen molar-refractivity contribution < 1.29 is 9.32 Å². The van der Waals surface area contributed by atoms with Gasteiger partial charge >= 0.3 is 0 Å². The molecule has 1 heterocycles. The lowest BCUT2D eigenvalue weighted by atomic mass is 9.83. The van der Waals surface area contributed by atoms with Crippen molar-refractivity contribution in [3.8, 4) is 0 Å². The largest absolute Gasteiger partial charge is 0.361 e. The molecule has 76 valence electrons. The smallest absolute Gasteiger partial charge is 0.217 e. The molecule has 0 aromatic carbocycles. The Bertz CT molecular complexity index is 329. The molecule has 1 N–H and O–H groups in total. The summed E-state index contributed by atoms with van der Waals surface area (Å²) < 4.78 is 5.20. The molecule has 1 aliphatic rings. The molecular weight excluding hydrogens is 180 g/mol. The van der Waals surface area contributed by atoms with Crippen LogP contribution in [-0.2, 0) is 11.3 Å². The lowest BCUT2D eigenvalue weighted by Gasteiger charge is -2.21.